The second-order valence-electron chi connectivity index (χ2n) is 11.5. The van der Waals surface area contributed by atoms with Crippen LogP contribution in [0, 0.1) is 0 Å². The maximum Gasteiger partial charge on any atom is 0.165 e. The Morgan fingerprint density at radius 3 is 1.70 bits per heavy atom. The zero-order chi connectivity index (χ0) is 30.5. The monoisotopic (exact) mass is 588 g/mol. The summed E-state index contributed by atoms with van der Waals surface area (Å²) in [5.74, 6) is 0.860. The number of hydrogen-bond acceptors (Lipinski definition) is 2. The Hall–Kier alpha value is -6.26. The van der Waals surface area contributed by atoms with Gasteiger partial charge in [0.05, 0.1) is 11.0 Å². The average molecular weight is 589 g/mol. The van der Waals surface area contributed by atoms with Crippen LogP contribution in [-0.4, -0.2) is 19.1 Å². The molecule has 0 aliphatic heterocycles. The molecule has 6 aromatic carbocycles. The van der Waals surface area contributed by atoms with Crippen molar-refractivity contribution >= 4 is 33.0 Å². The second kappa shape index (κ2) is 10.7. The van der Waals surface area contributed by atoms with Crippen molar-refractivity contribution in [3.63, 3.8) is 0 Å². The number of benzene rings is 6. The zero-order valence-corrected chi connectivity index (χ0v) is 25.0. The van der Waals surface area contributed by atoms with Crippen molar-refractivity contribution in [3.05, 3.63) is 170 Å². The van der Waals surface area contributed by atoms with Crippen LogP contribution in [0.15, 0.2) is 170 Å². The summed E-state index contributed by atoms with van der Waals surface area (Å²) < 4.78 is 4.53. The van der Waals surface area contributed by atoms with E-state index in [2.05, 4.69) is 161 Å². The minimum Gasteiger partial charge on any atom is -0.309 e. The number of aromatic nitrogens is 4. The second-order valence-corrected chi connectivity index (χ2v) is 11.5. The molecule has 0 saturated carbocycles. The summed E-state index contributed by atoms with van der Waals surface area (Å²) in [5.41, 5.74) is 11.7. The largest absolute Gasteiger partial charge is 0.309 e. The van der Waals surface area contributed by atoms with Crippen molar-refractivity contribution in [1.82, 2.24) is 19.1 Å². The molecule has 0 N–H and O–H groups in total. The lowest BCUT2D eigenvalue weighted by atomic mass is 10.0. The summed E-state index contributed by atoms with van der Waals surface area (Å²) in [5, 5.41) is 2.50. The Balaban J connectivity index is 1.23. The zero-order valence-electron chi connectivity index (χ0n) is 25.0. The summed E-state index contributed by atoms with van der Waals surface area (Å²) in [6, 6.07) is 57.6. The molecule has 0 radical (unpaired) electrons. The van der Waals surface area contributed by atoms with E-state index in [1.54, 1.807) is 0 Å². The minimum absolute atomic E-state index is 0.827. The van der Waals surface area contributed by atoms with Gasteiger partial charge < -0.3 is 4.57 Å². The van der Waals surface area contributed by atoms with Gasteiger partial charge in [0.25, 0.3) is 0 Å². The number of pyridine rings is 1. The molecular weight excluding hydrogens is 560 g/mol. The average Bonchev–Trinajstić information content (AvgIpc) is 3.69. The Bertz CT molecular complexity index is 2450. The highest BCUT2D eigenvalue weighted by atomic mass is 15.1. The quantitative estimate of drug-likeness (QED) is 0.200. The first-order chi connectivity index (χ1) is 22.8. The highest BCUT2D eigenvalue weighted by molar-refractivity contribution is 6.09. The molecule has 0 saturated heterocycles. The molecule has 9 aromatic rings. The van der Waals surface area contributed by atoms with E-state index in [0.29, 0.717) is 0 Å². The molecule has 0 spiro atoms. The van der Waals surface area contributed by atoms with Crippen LogP contribution in [0.25, 0.3) is 78.0 Å². The van der Waals surface area contributed by atoms with Crippen LogP contribution in [-0.2, 0) is 0 Å². The van der Waals surface area contributed by atoms with Crippen LogP contribution in [0.1, 0.15) is 0 Å². The molecule has 4 nitrogen and oxygen atoms in total. The van der Waals surface area contributed by atoms with Crippen molar-refractivity contribution in [1.29, 1.82) is 0 Å². The van der Waals surface area contributed by atoms with Gasteiger partial charge in [-0.25, -0.2) is 9.97 Å². The van der Waals surface area contributed by atoms with E-state index < -0.39 is 0 Å². The van der Waals surface area contributed by atoms with Crippen LogP contribution in [0.4, 0.5) is 0 Å². The van der Waals surface area contributed by atoms with Crippen LogP contribution in [0.3, 0.4) is 0 Å². The number of hydrogen-bond donors (Lipinski definition) is 0. The van der Waals surface area contributed by atoms with Gasteiger partial charge >= 0.3 is 0 Å². The van der Waals surface area contributed by atoms with Crippen molar-refractivity contribution in [2.24, 2.45) is 0 Å². The molecule has 0 unspecified atom stereocenters. The van der Waals surface area contributed by atoms with Gasteiger partial charge in [-0.15, -0.1) is 0 Å². The Kier molecular flexibility index (Phi) is 6.10. The summed E-state index contributed by atoms with van der Waals surface area (Å²) in [6.45, 7) is 0. The summed E-state index contributed by atoms with van der Waals surface area (Å²) in [4.78, 5) is 10.2. The molecule has 0 bridgehead atoms. The minimum atomic E-state index is 0.827. The first-order valence-corrected chi connectivity index (χ1v) is 15.5. The Morgan fingerprint density at radius 1 is 0.413 bits per heavy atom. The van der Waals surface area contributed by atoms with Gasteiger partial charge in [-0.1, -0.05) is 121 Å². The van der Waals surface area contributed by atoms with E-state index in [4.69, 9.17) is 9.97 Å². The summed E-state index contributed by atoms with van der Waals surface area (Å²) >= 11 is 0. The van der Waals surface area contributed by atoms with Crippen LogP contribution < -0.4 is 0 Å². The van der Waals surface area contributed by atoms with Gasteiger partial charge in [-0.2, -0.15) is 0 Å². The SMILES string of the molecule is c1ccc(-c2ccc(-c3nc4c(-c5cccc(-n6c7ccccc7c7ccccc76)c5)ccnc4n3-c3ccccc3)cc2)cc1. The number of nitrogens with zero attached hydrogens (tertiary/aromatic N) is 4. The molecule has 46 heavy (non-hydrogen) atoms. The number of imidazole rings is 1. The van der Waals surface area contributed by atoms with E-state index in [-0.39, 0.29) is 0 Å². The molecule has 0 aliphatic carbocycles. The predicted octanol–water partition coefficient (Wildman–Crippen LogP) is 10.5. The molecule has 0 amide bonds. The Labute approximate surface area is 266 Å². The summed E-state index contributed by atoms with van der Waals surface area (Å²) in [6.07, 6.45) is 1.90. The van der Waals surface area contributed by atoms with Crippen LogP contribution in [0.5, 0.6) is 0 Å². The number of para-hydroxylation sites is 3. The fraction of sp³-hybridized carbons (Fsp3) is 0. The highest BCUT2D eigenvalue weighted by Gasteiger charge is 2.19. The standard InChI is InChI=1S/C42H28N4/c1-3-12-29(13-4-1)30-22-24-31(25-23-30)41-44-40-35(26-27-43-42(40)46(41)33-15-5-2-6-16-33)32-14-11-17-34(28-32)45-38-20-9-7-18-36(38)37-19-8-10-21-39(37)45/h1-28H. The molecular formula is C42H28N4. The molecule has 4 heteroatoms. The smallest absolute Gasteiger partial charge is 0.165 e. The van der Waals surface area contributed by atoms with Gasteiger partial charge in [0.2, 0.25) is 0 Å². The van der Waals surface area contributed by atoms with Crippen LogP contribution >= 0.6 is 0 Å². The lowest BCUT2D eigenvalue weighted by Crippen LogP contribution is -1.98. The van der Waals surface area contributed by atoms with Gasteiger partial charge in [0, 0.05) is 39.5 Å². The van der Waals surface area contributed by atoms with Crippen molar-refractivity contribution in [2.75, 3.05) is 0 Å². The normalized spacial score (nSPS) is 11.5. The molecule has 9 rings (SSSR count). The van der Waals surface area contributed by atoms with E-state index in [1.165, 1.54) is 32.9 Å². The highest BCUT2D eigenvalue weighted by Crippen LogP contribution is 2.36. The van der Waals surface area contributed by atoms with Gasteiger partial charge in [0.15, 0.2) is 5.65 Å². The lowest BCUT2D eigenvalue weighted by molar-refractivity contribution is 1.08. The molecule has 0 atom stereocenters. The molecule has 0 aliphatic rings. The van der Waals surface area contributed by atoms with E-state index in [0.717, 1.165) is 45.1 Å². The van der Waals surface area contributed by atoms with Gasteiger partial charge in [0.1, 0.15) is 11.3 Å². The van der Waals surface area contributed by atoms with Crippen molar-refractivity contribution in [2.45, 2.75) is 0 Å². The lowest BCUT2D eigenvalue weighted by Gasteiger charge is -2.11. The predicted molar refractivity (Wildman–Crippen MR) is 190 cm³/mol. The topological polar surface area (TPSA) is 35.6 Å². The number of rotatable bonds is 5. The fourth-order valence-corrected chi connectivity index (χ4v) is 6.68. The molecule has 216 valence electrons. The van der Waals surface area contributed by atoms with Crippen LogP contribution in [0.2, 0.25) is 0 Å². The first kappa shape index (κ1) is 26.2. The number of fused-ring (bicyclic) bond motifs is 4. The third-order valence-electron chi connectivity index (χ3n) is 8.81. The van der Waals surface area contributed by atoms with Crippen molar-refractivity contribution < 1.29 is 0 Å². The first-order valence-electron chi connectivity index (χ1n) is 15.5. The van der Waals surface area contributed by atoms with Gasteiger partial charge in [-0.3, -0.25) is 4.57 Å². The van der Waals surface area contributed by atoms with E-state index in [1.807, 2.05) is 18.3 Å². The molecule has 0 fully saturated rings. The van der Waals surface area contributed by atoms with E-state index in [9.17, 15) is 0 Å². The summed E-state index contributed by atoms with van der Waals surface area (Å²) in [7, 11) is 0. The Morgan fingerprint density at radius 2 is 0.978 bits per heavy atom. The van der Waals surface area contributed by atoms with E-state index >= 15 is 0 Å². The maximum atomic E-state index is 5.32. The third-order valence-corrected chi connectivity index (χ3v) is 8.81. The third kappa shape index (κ3) is 4.23. The molecule has 3 aromatic heterocycles. The fourth-order valence-electron chi connectivity index (χ4n) is 6.68. The van der Waals surface area contributed by atoms with Crippen molar-refractivity contribution in [3.8, 4) is 45.0 Å². The van der Waals surface area contributed by atoms with Gasteiger partial charge in [-0.05, 0) is 59.2 Å². The molecule has 3 heterocycles. The maximum absolute atomic E-state index is 5.32.